The van der Waals surface area contributed by atoms with Crippen LogP contribution in [0.5, 0.6) is 0 Å². The molecule has 0 bridgehead atoms. The third-order valence-electron chi connectivity index (χ3n) is 4.41. The Morgan fingerprint density at radius 1 is 1.09 bits per heavy atom. The smallest absolute Gasteiger partial charge is 0.257 e. The Kier molecular flexibility index (Phi) is 7.80. The van der Waals surface area contributed by atoms with Crippen LogP contribution in [0.15, 0.2) is 11.1 Å². The van der Waals surface area contributed by atoms with Gasteiger partial charge in [0.2, 0.25) is 0 Å². The molecule has 1 N–H and O–H groups in total. The van der Waals surface area contributed by atoms with Crippen LogP contribution >= 0.6 is 0 Å². The minimum absolute atomic E-state index is 0.200. The number of rotatable bonds is 11. The zero-order chi connectivity index (χ0) is 16.6. The normalized spacial score (nSPS) is 21.4. The van der Waals surface area contributed by atoms with E-state index in [9.17, 15) is 9.59 Å². The van der Waals surface area contributed by atoms with Crippen molar-refractivity contribution < 1.29 is 14.3 Å². The zero-order valence-corrected chi connectivity index (χ0v) is 14.6. The molecule has 0 aliphatic carbocycles. The van der Waals surface area contributed by atoms with E-state index in [4.69, 9.17) is 4.74 Å². The van der Waals surface area contributed by atoms with E-state index in [1.807, 2.05) is 6.92 Å². The summed E-state index contributed by atoms with van der Waals surface area (Å²) in [6, 6.07) is 0. The molecule has 22 heavy (non-hydrogen) atoms. The van der Waals surface area contributed by atoms with Crippen molar-refractivity contribution in [2.24, 2.45) is 0 Å². The zero-order valence-electron chi connectivity index (χ0n) is 14.6. The molecule has 4 nitrogen and oxygen atoms in total. The fourth-order valence-electron chi connectivity index (χ4n) is 2.86. The average molecular weight is 309 g/mol. The van der Waals surface area contributed by atoms with Gasteiger partial charge in [-0.25, -0.2) is 0 Å². The van der Waals surface area contributed by atoms with Gasteiger partial charge in [-0.15, -0.1) is 0 Å². The van der Waals surface area contributed by atoms with E-state index < -0.39 is 5.72 Å². The van der Waals surface area contributed by atoms with Crippen molar-refractivity contribution in [3.05, 3.63) is 11.1 Å². The van der Waals surface area contributed by atoms with Gasteiger partial charge in [-0.1, -0.05) is 51.9 Å². The van der Waals surface area contributed by atoms with Gasteiger partial charge in [-0.05, 0) is 32.8 Å². The molecule has 0 radical (unpaired) electrons. The predicted molar refractivity (Wildman–Crippen MR) is 88.5 cm³/mol. The van der Waals surface area contributed by atoms with Gasteiger partial charge in [0.1, 0.15) is 0 Å². The molecule has 1 rings (SSSR count). The molecule has 1 atom stereocenters. The van der Waals surface area contributed by atoms with Crippen LogP contribution in [0.2, 0.25) is 0 Å². The molecule has 0 saturated carbocycles. The summed E-state index contributed by atoms with van der Waals surface area (Å²) < 4.78 is 5.86. The number of Topliss-reactive ketones (excluding diaryl/α,β-unsaturated/α-hetero) is 1. The van der Waals surface area contributed by atoms with Gasteiger partial charge in [-0.3, -0.25) is 9.59 Å². The highest BCUT2D eigenvalue weighted by molar-refractivity contribution is 6.21. The molecule has 1 amide bonds. The summed E-state index contributed by atoms with van der Waals surface area (Å²) in [5.41, 5.74) is 0.127. The average Bonchev–Trinajstić information content (AvgIpc) is 2.67. The first-order valence-electron chi connectivity index (χ1n) is 8.61. The molecular formula is C18H31NO3. The van der Waals surface area contributed by atoms with Crippen molar-refractivity contribution in [1.82, 2.24) is 5.32 Å². The van der Waals surface area contributed by atoms with E-state index in [0.717, 1.165) is 12.8 Å². The highest BCUT2D eigenvalue weighted by atomic mass is 16.5. The highest BCUT2D eigenvalue weighted by Gasteiger charge is 2.41. The summed E-state index contributed by atoms with van der Waals surface area (Å²) in [6.07, 6.45) is 9.96. The van der Waals surface area contributed by atoms with Crippen molar-refractivity contribution in [2.75, 3.05) is 6.61 Å². The number of carbonyl (C=O) groups excluding carboxylic acids is 2. The topological polar surface area (TPSA) is 55.4 Å². The molecule has 1 heterocycles. The van der Waals surface area contributed by atoms with E-state index in [0.29, 0.717) is 12.2 Å². The number of ether oxygens (including phenoxy) is 1. The van der Waals surface area contributed by atoms with E-state index in [2.05, 4.69) is 12.2 Å². The quantitative estimate of drug-likeness (QED) is 0.465. The second-order valence-corrected chi connectivity index (χ2v) is 6.37. The third-order valence-corrected chi connectivity index (χ3v) is 4.41. The van der Waals surface area contributed by atoms with E-state index in [1.165, 1.54) is 45.4 Å². The van der Waals surface area contributed by atoms with Gasteiger partial charge in [0, 0.05) is 6.61 Å². The molecule has 0 aromatic heterocycles. The van der Waals surface area contributed by atoms with Crippen molar-refractivity contribution in [3.63, 3.8) is 0 Å². The number of nitrogens with one attached hydrogen (secondary N) is 1. The number of carbonyl (C=O) groups is 2. The second-order valence-electron chi connectivity index (χ2n) is 6.37. The van der Waals surface area contributed by atoms with Gasteiger partial charge < -0.3 is 10.1 Å². The molecule has 0 aromatic carbocycles. The molecule has 0 saturated heterocycles. The number of ketones is 1. The van der Waals surface area contributed by atoms with Gasteiger partial charge >= 0.3 is 0 Å². The first-order chi connectivity index (χ1) is 10.4. The molecule has 1 unspecified atom stereocenters. The predicted octanol–water partition coefficient (Wildman–Crippen LogP) is 3.90. The van der Waals surface area contributed by atoms with Crippen LogP contribution in [0, 0.1) is 0 Å². The fourth-order valence-corrected chi connectivity index (χ4v) is 2.86. The van der Waals surface area contributed by atoms with Crippen LogP contribution < -0.4 is 5.32 Å². The number of hydrogen-bond acceptors (Lipinski definition) is 3. The van der Waals surface area contributed by atoms with Crippen LogP contribution in [-0.2, 0) is 14.3 Å². The molecule has 1 aliphatic rings. The largest absolute Gasteiger partial charge is 0.352 e. The van der Waals surface area contributed by atoms with Gasteiger partial charge in [0.15, 0.2) is 11.5 Å². The fraction of sp³-hybridized carbons (Fsp3) is 0.778. The van der Waals surface area contributed by atoms with Crippen molar-refractivity contribution >= 4 is 11.7 Å². The monoisotopic (exact) mass is 309 g/mol. The van der Waals surface area contributed by atoms with Gasteiger partial charge in [0.25, 0.3) is 5.91 Å². The Bertz CT molecular complexity index is 428. The van der Waals surface area contributed by atoms with E-state index >= 15 is 0 Å². The summed E-state index contributed by atoms with van der Waals surface area (Å²) in [5, 5.41) is 2.78. The number of hydrogen-bond donors (Lipinski definition) is 1. The summed E-state index contributed by atoms with van der Waals surface area (Å²) in [5.74, 6) is -0.516. The minimum Gasteiger partial charge on any atom is -0.352 e. The lowest BCUT2D eigenvalue weighted by Gasteiger charge is -2.26. The Hall–Kier alpha value is -1.16. The molecule has 126 valence electrons. The maximum absolute atomic E-state index is 11.8. The minimum atomic E-state index is -0.820. The lowest BCUT2D eigenvalue weighted by atomic mass is 10.0. The molecule has 0 spiro atoms. The lowest BCUT2D eigenvalue weighted by molar-refractivity contribution is -0.124. The lowest BCUT2D eigenvalue weighted by Crippen LogP contribution is -2.44. The SMILES string of the molecule is CCCCCCCCCCOC1(C)NC(=O)C(C(C)=O)=C1C. The van der Waals surface area contributed by atoms with Crippen molar-refractivity contribution in [1.29, 1.82) is 0 Å². The summed E-state index contributed by atoms with van der Waals surface area (Å²) in [4.78, 5) is 23.3. The van der Waals surface area contributed by atoms with Crippen molar-refractivity contribution in [2.45, 2.75) is 84.8 Å². The summed E-state index contributed by atoms with van der Waals surface area (Å²) in [7, 11) is 0. The van der Waals surface area contributed by atoms with Crippen LogP contribution in [0.25, 0.3) is 0 Å². The molecule has 0 fully saturated rings. The van der Waals surface area contributed by atoms with Gasteiger partial charge in [0.05, 0.1) is 5.57 Å². The van der Waals surface area contributed by atoms with Crippen LogP contribution in [0.4, 0.5) is 0 Å². The van der Waals surface area contributed by atoms with Gasteiger partial charge in [-0.2, -0.15) is 0 Å². The maximum atomic E-state index is 11.8. The Labute approximate surface area is 134 Å². The molecule has 4 heteroatoms. The van der Waals surface area contributed by atoms with Crippen LogP contribution in [0.3, 0.4) is 0 Å². The van der Waals surface area contributed by atoms with Crippen molar-refractivity contribution in [3.8, 4) is 0 Å². The maximum Gasteiger partial charge on any atom is 0.257 e. The molecule has 0 aromatic rings. The molecule has 1 aliphatic heterocycles. The van der Waals surface area contributed by atoms with E-state index in [-0.39, 0.29) is 17.3 Å². The molecular weight excluding hydrogens is 278 g/mol. The summed E-state index contributed by atoms with van der Waals surface area (Å²) >= 11 is 0. The standard InChI is InChI=1S/C18H31NO3/c1-5-6-7-8-9-10-11-12-13-22-18(4)14(2)16(15(3)20)17(21)19-18/h5-13H2,1-4H3,(H,19,21). The third kappa shape index (κ3) is 5.24. The second kappa shape index (κ2) is 9.09. The first kappa shape index (κ1) is 18.9. The Morgan fingerprint density at radius 2 is 1.64 bits per heavy atom. The van der Waals surface area contributed by atoms with Crippen LogP contribution in [0.1, 0.15) is 79.1 Å². The Morgan fingerprint density at radius 3 is 2.14 bits per heavy atom. The number of unbranched alkanes of at least 4 members (excludes halogenated alkanes) is 7. The van der Waals surface area contributed by atoms with Crippen LogP contribution in [-0.4, -0.2) is 24.0 Å². The number of amides is 1. The summed E-state index contributed by atoms with van der Waals surface area (Å²) in [6.45, 7) is 7.87. The Balaban J connectivity index is 2.25. The highest BCUT2D eigenvalue weighted by Crippen LogP contribution is 2.28. The first-order valence-corrected chi connectivity index (χ1v) is 8.61. The van der Waals surface area contributed by atoms with E-state index in [1.54, 1.807) is 6.92 Å².